The first-order chi connectivity index (χ1) is 15.6. The van der Waals surface area contributed by atoms with Gasteiger partial charge in [0.15, 0.2) is 5.88 Å². The number of H-pyrrole nitrogens is 1. The Hall–Kier alpha value is -4.06. The number of carbonyl (C=O) groups is 2. The third-order valence-electron chi connectivity index (χ3n) is 5.38. The van der Waals surface area contributed by atoms with Crippen molar-refractivity contribution >= 4 is 28.4 Å². The van der Waals surface area contributed by atoms with Crippen molar-refractivity contribution in [3.05, 3.63) is 96.1 Å². The highest BCUT2D eigenvalue weighted by molar-refractivity contribution is 6.39. The summed E-state index contributed by atoms with van der Waals surface area (Å²) in [6.45, 7) is 0. The number of aromatic nitrogens is 1. The minimum atomic E-state index is -0.729. The van der Waals surface area contributed by atoms with E-state index in [1.807, 2.05) is 48.5 Å². The van der Waals surface area contributed by atoms with Gasteiger partial charge in [-0.15, -0.1) is 0 Å². The quantitative estimate of drug-likeness (QED) is 0.322. The zero-order valence-electron chi connectivity index (χ0n) is 17.5. The molecule has 0 spiro atoms. The molecule has 6 nitrogen and oxygen atoms in total. The second-order valence-electron chi connectivity index (χ2n) is 7.73. The van der Waals surface area contributed by atoms with Gasteiger partial charge >= 0.3 is 11.8 Å². The van der Waals surface area contributed by atoms with Crippen LogP contribution in [-0.2, 0) is 16.0 Å². The van der Waals surface area contributed by atoms with Crippen LogP contribution < -0.4 is 10.6 Å². The topological polar surface area (TPSA) is 94.2 Å². The second kappa shape index (κ2) is 9.83. The van der Waals surface area contributed by atoms with Crippen molar-refractivity contribution in [3.63, 3.8) is 0 Å². The molecule has 4 rings (SSSR count). The third kappa shape index (κ3) is 5.35. The summed E-state index contributed by atoms with van der Waals surface area (Å²) < 4.78 is 0. The molecule has 0 bridgehead atoms. The number of benzene rings is 3. The summed E-state index contributed by atoms with van der Waals surface area (Å²) in [5.41, 5.74) is 3.44. The molecule has 6 heteroatoms. The number of hydrogen-bond donors (Lipinski definition) is 4. The molecule has 32 heavy (non-hydrogen) atoms. The standard InChI is InChI=1S/C26H25N3O3/c30-24-17-20-16-21(14-15-23(20)28-24)27-25(31)26(32)29-22(19-11-5-2-6-12-19)13-7-10-18-8-3-1-4-9-18/h1-6,8-9,11-12,14-17,22,28,30H,7,10,13H2,(H,27,31)(H,29,32). The summed E-state index contributed by atoms with van der Waals surface area (Å²) in [6, 6.07) is 26.3. The van der Waals surface area contributed by atoms with Crippen LogP contribution in [0.3, 0.4) is 0 Å². The van der Waals surface area contributed by atoms with Crippen molar-refractivity contribution in [1.29, 1.82) is 0 Å². The van der Waals surface area contributed by atoms with Gasteiger partial charge in [0.1, 0.15) is 0 Å². The Balaban J connectivity index is 1.40. The zero-order valence-corrected chi connectivity index (χ0v) is 17.5. The third-order valence-corrected chi connectivity index (χ3v) is 5.38. The molecule has 1 atom stereocenters. The lowest BCUT2D eigenvalue weighted by Crippen LogP contribution is -2.37. The second-order valence-corrected chi connectivity index (χ2v) is 7.73. The van der Waals surface area contributed by atoms with Crippen molar-refractivity contribution in [1.82, 2.24) is 10.3 Å². The number of nitrogens with one attached hydrogen (secondary N) is 3. The Morgan fingerprint density at radius 1 is 0.875 bits per heavy atom. The van der Waals surface area contributed by atoms with Crippen molar-refractivity contribution in [2.45, 2.75) is 25.3 Å². The monoisotopic (exact) mass is 427 g/mol. The molecule has 1 heterocycles. The number of aromatic hydroxyl groups is 1. The van der Waals surface area contributed by atoms with Crippen LogP contribution in [0.1, 0.15) is 30.0 Å². The number of rotatable bonds is 7. The molecule has 4 aromatic rings. The molecule has 0 saturated carbocycles. The fourth-order valence-corrected chi connectivity index (χ4v) is 3.77. The Bertz CT molecular complexity index is 1200. The lowest BCUT2D eigenvalue weighted by Gasteiger charge is -2.19. The zero-order chi connectivity index (χ0) is 22.3. The smallest absolute Gasteiger partial charge is 0.313 e. The van der Waals surface area contributed by atoms with Gasteiger partial charge < -0.3 is 20.7 Å². The molecule has 3 aromatic carbocycles. The van der Waals surface area contributed by atoms with Crippen molar-refractivity contribution < 1.29 is 14.7 Å². The summed E-state index contributed by atoms with van der Waals surface area (Å²) in [6.07, 6.45) is 2.49. The molecular weight excluding hydrogens is 402 g/mol. The van der Waals surface area contributed by atoms with Crippen LogP contribution in [0.4, 0.5) is 5.69 Å². The summed E-state index contributed by atoms with van der Waals surface area (Å²) >= 11 is 0. The average molecular weight is 428 g/mol. The van der Waals surface area contributed by atoms with E-state index in [0.717, 1.165) is 29.3 Å². The molecular formula is C26H25N3O3. The van der Waals surface area contributed by atoms with Gasteiger partial charge in [-0.1, -0.05) is 60.7 Å². The summed E-state index contributed by atoms with van der Waals surface area (Å²) in [7, 11) is 0. The molecule has 0 aliphatic carbocycles. The fraction of sp³-hybridized carbons (Fsp3) is 0.154. The minimum absolute atomic E-state index is 0.0439. The molecule has 0 aliphatic rings. The normalized spacial score (nSPS) is 11.8. The van der Waals surface area contributed by atoms with Crippen LogP contribution >= 0.6 is 0 Å². The molecule has 0 radical (unpaired) electrons. The van der Waals surface area contributed by atoms with E-state index in [0.29, 0.717) is 12.1 Å². The van der Waals surface area contributed by atoms with E-state index in [1.54, 1.807) is 24.3 Å². The first-order valence-corrected chi connectivity index (χ1v) is 10.6. The number of hydrogen-bond acceptors (Lipinski definition) is 3. The van der Waals surface area contributed by atoms with Gasteiger partial charge in [0.2, 0.25) is 0 Å². The van der Waals surface area contributed by atoms with Crippen LogP contribution in [0.25, 0.3) is 10.9 Å². The van der Waals surface area contributed by atoms with Gasteiger partial charge in [-0.25, -0.2) is 0 Å². The summed E-state index contributed by atoms with van der Waals surface area (Å²) in [4.78, 5) is 28.0. The fourth-order valence-electron chi connectivity index (χ4n) is 3.77. The SMILES string of the molecule is O=C(Nc1ccc2[nH]c(O)cc2c1)C(=O)NC(CCCc1ccccc1)c1ccccc1. The predicted molar refractivity (Wildman–Crippen MR) is 125 cm³/mol. The van der Waals surface area contributed by atoms with Crippen LogP contribution in [0.5, 0.6) is 5.88 Å². The largest absolute Gasteiger partial charge is 0.495 e. The molecule has 4 N–H and O–H groups in total. The van der Waals surface area contributed by atoms with E-state index in [-0.39, 0.29) is 11.9 Å². The van der Waals surface area contributed by atoms with E-state index < -0.39 is 11.8 Å². The molecule has 1 unspecified atom stereocenters. The molecule has 1 aromatic heterocycles. The Labute approximate surface area is 186 Å². The minimum Gasteiger partial charge on any atom is -0.495 e. The van der Waals surface area contributed by atoms with E-state index >= 15 is 0 Å². The Morgan fingerprint density at radius 3 is 2.34 bits per heavy atom. The lowest BCUT2D eigenvalue weighted by atomic mass is 9.99. The maximum atomic E-state index is 12.7. The average Bonchev–Trinajstić information content (AvgIpc) is 3.19. The summed E-state index contributed by atoms with van der Waals surface area (Å²) in [5, 5.41) is 15.8. The first kappa shape index (κ1) is 21.2. The number of amides is 2. The molecule has 162 valence electrons. The van der Waals surface area contributed by atoms with Crippen molar-refractivity contribution in [3.8, 4) is 5.88 Å². The molecule has 0 aliphatic heterocycles. The number of aryl methyl sites for hydroxylation is 1. The number of carbonyl (C=O) groups excluding carboxylic acids is 2. The lowest BCUT2D eigenvalue weighted by molar-refractivity contribution is -0.136. The number of aromatic amines is 1. The van der Waals surface area contributed by atoms with Gasteiger partial charge in [-0.05, 0) is 48.6 Å². The van der Waals surface area contributed by atoms with Crippen LogP contribution in [0.2, 0.25) is 0 Å². The van der Waals surface area contributed by atoms with Gasteiger partial charge in [-0.3, -0.25) is 9.59 Å². The van der Waals surface area contributed by atoms with E-state index in [1.165, 1.54) is 5.56 Å². The summed E-state index contributed by atoms with van der Waals surface area (Å²) in [5.74, 6) is -1.37. The van der Waals surface area contributed by atoms with Crippen LogP contribution in [-0.4, -0.2) is 21.9 Å². The molecule has 0 saturated heterocycles. The van der Waals surface area contributed by atoms with Crippen LogP contribution in [0.15, 0.2) is 84.9 Å². The van der Waals surface area contributed by atoms with Crippen molar-refractivity contribution in [2.24, 2.45) is 0 Å². The highest BCUT2D eigenvalue weighted by atomic mass is 16.3. The van der Waals surface area contributed by atoms with Gasteiger partial charge in [0.05, 0.1) is 6.04 Å². The maximum Gasteiger partial charge on any atom is 0.313 e. The van der Waals surface area contributed by atoms with Crippen LogP contribution in [0, 0.1) is 0 Å². The number of anilines is 1. The maximum absolute atomic E-state index is 12.7. The molecule has 2 amide bonds. The van der Waals surface area contributed by atoms with E-state index in [9.17, 15) is 14.7 Å². The number of fused-ring (bicyclic) bond motifs is 1. The van der Waals surface area contributed by atoms with E-state index in [2.05, 4.69) is 27.8 Å². The molecule has 0 fully saturated rings. The first-order valence-electron chi connectivity index (χ1n) is 10.6. The van der Waals surface area contributed by atoms with Crippen molar-refractivity contribution in [2.75, 3.05) is 5.32 Å². The van der Waals surface area contributed by atoms with Gasteiger partial charge in [-0.2, -0.15) is 0 Å². The highest BCUT2D eigenvalue weighted by Gasteiger charge is 2.20. The van der Waals surface area contributed by atoms with Gasteiger partial charge in [0.25, 0.3) is 0 Å². The van der Waals surface area contributed by atoms with Gasteiger partial charge in [0, 0.05) is 22.7 Å². The Morgan fingerprint density at radius 2 is 1.59 bits per heavy atom. The van der Waals surface area contributed by atoms with E-state index in [4.69, 9.17) is 0 Å². The Kier molecular flexibility index (Phi) is 6.51. The highest BCUT2D eigenvalue weighted by Crippen LogP contribution is 2.23. The predicted octanol–water partition coefficient (Wildman–Crippen LogP) is 4.69.